The lowest BCUT2D eigenvalue weighted by atomic mass is 9.69. The van der Waals surface area contributed by atoms with Crippen LogP contribution in [0.5, 0.6) is 0 Å². The maximum atomic E-state index is 3.15. The molecule has 0 aliphatic heterocycles. The van der Waals surface area contributed by atoms with Crippen molar-refractivity contribution in [3.8, 4) is 11.8 Å². The Bertz CT molecular complexity index is 149. The summed E-state index contributed by atoms with van der Waals surface area (Å²) >= 11 is 0. The average Bonchev–Trinajstić information content (AvgIpc) is 2.40. The molecule has 0 heteroatoms. The second-order valence-electron chi connectivity index (χ2n) is 2.66. The van der Waals surface area contributed by atoms with Crippen molar-refractivity contribution in [3.05, 3.63) is 0 Å². The fraction of sp³-hybridized carbons (Fsp3) is 0.714. The summed E-state index contributed by atoms with van der Waals surface area (Å²) in [7, 11) is 0. The third kappa shape index (κ3) is 0.257. The fourth-order valence-electron chi connectivity index (χ4n) is 1.17. The normalized spacial score (nSPS) is 38.7. The quantitative estimate of drug-likeness (QED) is 0.396. The van der Waals surface area contributed by atoms with Gasteiger partial charge in [0, 0.05) is 0 Å². The lowest BCUT2D eigenvalue weighted by Crippen LogP contribution is -2.27. The molecule has 1 spiro atoms. The summed E-state index contributed by atoms with van der Waals surface area (Å²) < 4.78 is 0. The van der Waals surface area contributed by atoms with Crippen molar-refractivity contribution in [1.29, 1.82) is 0 Å². The van der Waals surface area contributed by atoms with Crippen LogP contribution in [0.15, 0.2) is 0 Å². The summed E-state index contributed by atoms with van der Waals surface area (Å²) in [5, 5.41) is 0. The smallest absolute Gasteiger partial charge is 0.0815 e. The van der Waals surface area contributed by atoms with Crippen molar-refractivity contribution in [2.24, 2.45) is 11.3 Å². The molecule has 0 nitrogen and oxygen atoms in total. The highest BCUT2D eigenvalue weighted by atomic mass is 14.5. The molecule has 0 radical (unpaired) electrons. The maximum absolute atomic E-state index is 3.15. The summed E-state index contributed by atoms with van der Waals surface area (Å²) in [5.74, 6) is 7.16. The summed E-state index contributed by atoms with van der Waals surface area (Å²) in [5.41, 5.74) is 0.431. The minimum atomic E-state index is 0.431. The first-order chi connectivity index (χ1) is 3.33. The Labute approximate surface area is 43.9 Å². The summed E-state index contributed by atoms with van der Waals surface area (Å²) in [6.07, 6.45) is 2.72. The van der Waals surface area contributed by atoms with E-state index in [4.69, 9.17) is 0 Å². The highest BCUT2D eigenvalue weighted by Gasteiger charge is 2.47. The molecule has 0 saturated heterocycles. The van der Waals surface area contributed by atoms with Crippen LogP contribution in [0.3, 0.4) is 0 Å². The Balaban J connectivity index is 2.12. The number of hydrogen-bond donors (Lipinski definition) is 0. The molecule has 1 saturated carbocycles. The molecule has 1 unspecified atom stereocenters. The summed E-state index contributed by atoms with van der Waals surface area (Å²) in [6, 6.07) is 0. The van der Waals surface area contributed by atoms with E-state index in [1.54, 1.807) is 0 Å². The monoisotopic (exact) mass is 92.1 g/mol. The molecular weight excluding hydrogens is 84.1 g/mol. The Hall–Kier alpha value is -0.440. The molecule has 7 heavy (non-hydrogen) atoms. The molecule has 1 atom stereocenters. The van der Waals surface area contributed by atoms with Gasteiger partial charge in [0.1, 0.15) is 0 Å². The van der Waals surface area contributed by atoms with Gasteiger partial charge in [0.05, 0.1) is 5.41 Å². The van der Waals surface area contributed by atoms with Crippen LogP contribution in [0.4, 0.5) is 0 Å². The molecule has 0 aromatic carbocycles. The van der Waals surface area contributed by atoms with Gasteiger partial charge in [-0.05, 0) is 18.8 Å². The molecule has 0 amide bonds. The van der Waals surface area contributed by atoms with Crippen molar-refractivity contribution in [2.75, 3.05) is 0 Å². The fourth-order valence-corrected chi connectivity index (χ4v) is 1.17. The van der Waals surface area contributed by atoms with Crippen molar-refractivity contribution >= 4 is 0 Å². The molecule has 0 heterocycles. The predicted octanol–water partition coefficient (Wildman–Crippen LogP) is 1.42. The first-order valence-corrected chi connectivity index (χ1v) is 2.88. The first kappa shape index (κ1) is 3.55. The van der Waals surface area contributed by atoms with Crippen LogP contribution >= 0.6 is 0 Å². The van der Waals surface area contributed by atoms with Crippen LogP contribution in [-0.4, -0.2) is 0 Å². The van der Waals surface area contributed by atoms with Gasteiger partial charge in [-0.3, -0.25) is 0 Å². The van der Waals surface area contributed by atoms with Gasteiger partial charge in [0.25, 0.3) is 0 Å². The zero-order valence-corrected chi connectivity index (χ0v) is 4.49. The molecule has 1 fully saturated rings. The van der Waals surface area contributed by atoms with Crippen molar-refractivity contribution < 1.29 is 0 Å². The standard InChI is InChI=1S/C7H8/c1-6-2-3-7(6)4-5-7/h6H,2-3H2,1H3. The Morgan fingerprint density at radius 2 is 2.29 bits per heavy atom. The topological polar surface area (TPSA) is 0 Å². The highest BCUT2D eigenvalue weighted by Crippen LogP contribution is 2.51. The van der Waals surface area contributed by atoms with Crippen LogP contribution in [0, 0.1) is 23.2 Å². The Morgan fingerprint density at radius 3 is 2.29 bits per heavy atom. The lowest BCUT2D eigenvalue weighted by molar-refractivity contribution is 0.209. The molecule has 0 aromatic rings. The van der Waals surface area contributed by atoms with Gasteiger partial charge in [-0.1, -0.05) is 18.8 Å². The molecule has 0 aromatic heterocycles. The number of hydrogen-bond acceptors (Lipinski definition) is 0. The SMILES string of the molecule is CC1CCC12C#C2. The Kier molecular flexibility index (Phi) is 0.371. The summed E-state index contributed by atoms with van der Waals surface area (Å²) in [4.78, 5) is 0. The zero-order valence-electron chi connectivity index (χ0n) is 4.49. The second-order valence-corrected chi connectivity index (χ2v) is 2.66. The van der Waals surface area contributed by atoms with Gasteiger partial charge in [0.2, 0.25) is 0 Å². The van der Waals surface area contributed by atoms with E-state index in [1.165, 1.54) is 12.8 Å². The van der Waals surface area contributed by atoms with Gasteiger partial charge >= 0.3 is 0 Å². The summed E-state index contributed by atoms with van der Waals surface area (Å²) in [6.45, 7) is 2.27. The maximum Gasteiger partial charge on any atom is 0.0945 e. The van der Waals surface area contributed by atoms with E-state index >= 15 is 0 Å². The van der Waals surface area contributed by atoms with E-state index in [-0.39, 0.29) is 0 Å². The van der Waals surface area contributed by atoms with E-state index in [1.807, 2.05) is 0 Å². The van der Waals surface area contributed by atoms with E-state index in [0.29, 0.717) is 5.41 Å². The minimum absolute atomic E-state index is 0.431. The van der Waals surface area contributed by atoms with Crippen molar-refractivity contribution in [3.63, 3.8) is 0 Å². The molecule has 2 rings (SSSR count). The molecule has 0 N–H and O–H groups in total. The van der Waals surface area contributed by atoms with E-state index < -0.39 is 0 Å². The Morgan fingerprint density at radius 1 is 1.57 bits per heavy atom. The van der Waals surface area contributed by atoms with Gasteiger partial charge in [-0.2, -0.15) is 0 Å². The second kappa shape index (κ2) is 0.733. The van der Waals surface area contributed by atoms with Gasteiger partial charge in [-0.15, -0.1) is 0 Å². The third-order valence-electron chi connectivity index (χ3n) is 2.26. The molecule has 2 aliphatic rings. The van der Waals surface area contributed by atoms with Crippen LogP contribution < -0.4 is 0 Å². The zero-order chi connectivity index (χ0) is 4.91. The van der Waals surface area contributed by atoms with E-state index in [2.05, 4.69) is 18.8 Å². The minimum Gasteiger partial charge on any atom is -0.0815 e. The predicted molar refractivity (Wildman–Crippen MR) is 28.6 cm³/mol. The highest BCUT2D eigenvalue weighted by molar-refractivity contribution is 5.44. The van der Waals surface area contributed by atoms with Crippen molar-refractivity contribution in [2.45, 2.75) is 19.8 Å². The third-order valence-corrected chi connectivity index (χ3v) is 2.26. The van der Waals surface area contributed by atoms with Crippen LogP contribution in [0.1, 0.15) is 19.8 Å². The van der Waals surface area contributed by atoms with Crippen LogP contribution in [-0.2, 0) is 0 Å². The molecule has 36 valence electrons. The first-order valence-electron chi connectivity index (χ1n) is 2.88. The van der Waals surface area contributed by atoms with Crippen LogP contribution in [0.2, 0.25) is 0 Å². The molecule has 0 bridgehead atoms. The number of rotatable bonds is 0. The van der Waals surface area contributed by atoms with Gasteiger partial charge in [0.15, 0.2) is 0 Å². The van der Waals surface area contributed by atoms with E-state index in [9.17, 15) is 0 Å². The van der Waals surface area contributed by atoms with Gasteiger partial charge < -0.3 is 0 Å². The largest absolute Gasteiger partial charge is 0.0945 e. The average molecular weight is 92.1 g/mol. The van der Waals surface area contributed by atoms with E-state index in [0.717, 1.165) is 5.92 Å². The van der Waals surface area contributed by atoms with Crippen LogP contribution in [0.25, 0.3) is 0 Å². The molecule has 2 aliphatic carbocycles. The molecular formula is C7H8. The van der Waals surface area contributed by atoms with Gasteiger partial charge in [-0.25, -0.2) is 0 Å². The lowest BCUT2D eigenvalue weighted by Gasteiger charge is -2.32. The van der Waals surface area contributed by atoms with Crippen molar-refractivity contribution in [1.82, 2.24) is 0 Å².